The van der Waals surface area contributed by atoms with Gasteiger partial charge < -0.3 is 18.0 Å². The number of ether oxygens (including phenoxy) is 1. The van der Waals surface area contributed by atoms with Crippen LogP contribution in [0.2, 0.25) is 54.4 Å². The van der Waals surface area contributed by atoms with Gasteiger partial charge in [0, 0.05) is 15.5 Å². The second-order valence-electron chi connectivity index (χ2n) is 19.2. The van der Waals surface area contributed by atoms with Gasteiger partial charge in [0.25, 0.3) is 0 Å². The van der Waals surface area contributed by atoms with Crippen molar-refractivity contribution in [2.75, 3.05) is 24.4 Å². The Bertz CT molecular complexity index is 1510. The van der Waals surface area contributed by atoms with Crippen LogP contribution in [0.15, 0.2) is 54.3 Å². The van der Waals surface area contributed by atoms with Gasteiger partial charge in [0.05, 0.1) is 36.1 Å². The summed E-state index contributed by atoms with van der Waals surface area (Å²) in [5.41, 5.74) is 0. The van der Waals surface area contributed by atoms with Crippen molar-refractivity contribution in [1.82, 2.24) is 0 Å². The quantitative estimate of drug-likeness (QED) is 0.0641. The Morgan fingerprint density at radius 3 is 2.09 bits per heavy atom. The summed E-state index contributed by atoms with van der Waals surface area (Å²) in [4.78, 5) is 13.1. The van der Waals surface area contributed by atoms with Crippen LogP contribution in [0.5, 0.6) is 0 Å². The van der Waals surface area contributed by atoms with Crippen LogP contribution in [0, 0.1) is 5.92 Å². The summed E-state index contributed by atoms with van der Waals surface area (Å²) in [6.07, 6.45) is 10.0. The van der Waals surface area contributed by atoms with Crippen LogP contribution in [0.4, 0.5) is 0 Å². The number of carbonyl (C=O) groups excluding carboxylic acids is 1. The van der Waals surface area contributed by atoms with E-state index in [4.69, 9.17) is 18.0 Å². The number of aryl methyl sites for hydroxylation is 1. The number of rotatable bonds is 18. The number of fused-ring (bicyclic) bond motifs is 1. The first-order chi connectivity index (χ1) is 24.3. The van der Waals surface area contributed by atoms with Gasteiger partial charge in [-0.1, -0.05) is 92.7 Å². The first-order valence-electron chi connectivity index (χ1n) is 19.5. The molecular formula is C42H72O5S3Si3. The van der Waals surface area contributed by atoms with Gasteiger partial charge in [0.1, 0.15) is 0 Å². The fourth-order valence-corrected chi connectivity index (χ4v) is 12.4. The van der Waals surface area contributed by atoms with Crippen molar-refractivity contribution in [2.24, 2.45) is 5.92 Å². The molecule has 11 heteroatoms. The molecule has 0 saturated heterocycles. The van der Waals surface area contributed by atoms with E-state index in [1.165, 1.54) is 22.1 Å². The topological polar surface area (TPSA) is 54.0 Å². The molecule has 1 aliphatic carbocycles. The molecule has 1 aliphatic rings. The highest BCUT2D eigenvalue weighted by Gasteiger charge is 2.48. The Kier molecular flexibility index (Phi) is 16.4. The zero-order valence-electron chi connectivity index (χ0n) is 35.9. The molecule has 0 N–H and O–H groups in total. The molecule has 300 valence electrons. The van der Waals surface area contributed by atoms with Gasteiger partial charge >= 0.3 is 5.97 Å². The third-order valence-electron chi connectivity index (χ3n) is 11.9. The summed E-state index contributed by atoms with van der Waals surface area (Å²) in [6.45, 7) is 35.1. The van der Waals surface area contributed by atoms with E-state index in [1.807, 2.05) is 23.1 Å². The fourth-order valence-electron chi connectivity index (χ4n) is 5.34. The molecule has 1 heterocycles. The van der Waals surface area contributed by atoms with E-state index in [2.05, 4.69) is 150 Å². The highest BCUT2D eigenvalue weighted by molar-refractivity contribution is 8.00. The van der Waals surface area contributed by atoms with Gasteiger partial charge in [-0.2, -0.15) is 11.8 Å². The number of benzene rings is 1. The summed E-state index contributed by atoms with van der Waals surface area (Å²) in [7, 11) is -4.87. The minimum atomic E-state index is -2.13. The van der Waals surface area contributed by atoms with Gasteiger partial charge in [-0.25, -0.2) is 0 Å². The molecule has 1 aromatic heterocycles. The van der Waals surface area contributed by atoms with E-state index in [-0.39, 0.29) is 44.5 Å². The number of thiophene rings is 1. The highest BCUT2D eigenvalue weighted by Crippen LogP contribution is 2.47. The van der Waals surface area contributed by atoms with Crippen molar-refractivity contribution < 1.29 is 22.8 Å². The Hall–Kier alpha value is -0.799. The van der Waals surface area contributed by atoms with Crippen molar-refractivity contribution in [2.45, 2.75) is 153 Å². The monoisotopic (exact) mass is 836 g/mol. The minimum absolute atomic E-state index is 0.000330. The van der Waals surface area contributed by atoms with Gasteiger partial charge in [-0.15, -0.1) is 23.1 Å². The predicted molar refractivity (Wildman–Crippen MR) is 243 cm³/mol. The van der Waals surface area contributed by atoms with Crippen molar-refractivity contribution in [3.63, 3.8) is 0 Å². The number of hydrogen-bond acceptors (Lipinski definition) is 8. The lowest BCUT2D eigenvalue weighted by atomic mass is 10.0. The average Bonchev–Trinajstić information content (AvgIpc) is 3.57. The largest absolute Gasteiger partial charge is 0.546 e. The molecule has 4 atom stereocenters. The molecule has 0 bridgehead atoms. The van der Waals surface area contributed by atoms with Crippen LogP contribution in [0.3, 0.4) is 0 Å². The Balaban J connectivity index is 2.01. The summed E-state index contributed by atoms with van der Waals surface area (Å²) >= 11 is 5.54. The zero-order chi connectivity index (χ0) is 40.0. The van der Waals surface area contributed by atoms with E-state index in [1.54, 1.807) is 11.8 Å². The molecule has 0 amide bonds. The van der Waals surface area contributed by atoms with Gasteiger partial charge in [-0.05, 0) is 109 Å². The average molecular weight is 837 g/mol. The maximum absolute atomic E-state index is 11.7. The molecule has 5 nitrogen and oxygen atoms in total. The van der Waals surface area contributed by atoms with E-state index < -0.39 is 25.0 Å². The van der Waals surface area contributed by atoms with Crippen LogP contribution in [0.25, 0.3) is 10.1 Å². The summed E-state index contributed by atoms with van der Waals surface area (Å²) in [6, 6.07) is 11.1. The van der Waals surface area contributed by atoms with Crippen molar-refractivity contribution >= 4 is 75.9 Å². The first-order valence-corrected chi connectivity index (χ1v) is 31.2. The SMILES string of the molecule is COC(=O)CSCCCS[C@H]1C(O[Si](C)(C)C(C)(C)C)=C[C@@H](O[Si](C)(C)C(C)(C)C)[C@@H]1/C=C/C(CCc1cc2ccccc2s1)O[Si](C)(C)C(C)(C)C. The second-order valence-corrected chi connectivity index (χ2v) is 37.0. The Morgan fingerprint density at radius 2 is 1.51 bits per heavy atom. The van der Waals surface area contributed by atoms with E-state index in [0.29, 0.717) is 5.75 Å². The maximum atomic E-state index is 11.7. The molecule has 3 rings (SSSR count). The lowest BCUT2D eigenvalue weighted by Crippen LogP contribution is -2.45. The Labute approximate surface area is 339 Å². The molecule has 0 spiro atoms. The molecule has 0 fully saturated rings. The third kappa shape index (κ3) is 13.1. The number of carbonyl (C=O) groups is 1. The van der Waals surface area contributed by atoms with Crippen molar-refractivity contribution in [3.05, 3.63) is 59.2 Å². The molecular weight excluding hydrogens is 765 g/mol. The predicted octanol–water partition coefficient (Wildman–Crippen LogP) is 13.1. The number of thioether (sulfide) groups is 2. The smallest absolute Gasteiger partial charge is 0.315 e. The second kappa shape index (κ2) is 18.6. The molecule has 2 aromatic rings. The number of esters is 1. The van der Waals surface area contributed by atoms with Crippen LogP contribution in [0.1, 0.15) is 80.0 Å². The molecule has 1 aromatic carbocycles. The van der Waals surface area contributed by atoms with Crippen molar-refractivity contribution in [1.29, 1.82) is 0 Å². The van der Waals surface area contributed by atoms with Crippen LogP contribution in [-0.4, -0.2) is 72.7 Å². The number of hydrogen-bond donors (Lipinski definition) is 0. The van der Waals surface area contributed by atoms with E-state index >= 15 is 0 Å². The van der Waals surface area contributed by atoms with Crippen LogP contribution >= 0.6 is 34.9 Å². The maximum Gasteiger partial charge on any atom is 0.315 e. The summed E-state index contributed by atoms with van der Waals surface area (Å²) in [5, 5.41) is 1.72. The normalized spacial score (nSPS) is 19.9. The van der Waals surface area contributed by atoms with Gasteiger partial charge in [0.15, 0.2) is 16.6 Å². The summed E-state index contributed by atoms with van der Waals surface area (Å²) < 4.78 is 28.0. The van der Waals surface area contributed by atoms with E-state index in [0.717, 1.165) is 36.5 Å². The standard InChI is InChI=1S/C42H72O5S3Si3/c1-40(2,3)51(11,12)45-32(22-24-33-28-31-20-17-18-21-37(31)50-33)23-25-34-35(46-52(13,14)41(4,5)6)29-36(47-53(15,16)42(7,8)9)39(34)49-27-19-26-48-30-38(43)44-10/h17-18,20-21,23,25,28-29,32,34-35,39H,19,22,24,26-27,30H2,1-16H3/b25-23+/t32?,34-,35+,39+/m0/s1. The fraction of sp³-hybridized carbons (Fsp3) is 0.690. The van der Waals surface area contributed by atoms with E-state index in [9.17, 15) is 4.79 Å². The molecule has 0 aliphatic heterocycles. The van der Waals surface area contributed by atoms with Crippen molar-refractivity contribution in [3.8, 4) is 0 Å². The molecule has 53 heavy (non-hydrogen) atoms. The number of methoxy groups -OCH3 is 1. The highest BCUT2D eigenvalue weighted by atomic mass is 32.2. The minimum Gasteiger partial charge on any atom is -0.546 e. The summed E-state index contributed by atoms with van der Waals surface area (Å²) in [5.74, 6) is 3.34. The third-order valence-corrected chi connectivity index (χ3v) is 28.8. The zero-order valence-corrected chi connectivity index (χ0v) is 41.4. The van der Waals surface area contributed by atoms with Crippen LogP contribution in [-0.2, 0) is 29.2 Å². The first kappa shape index (κ1) is 46.6. The Morgan fingerprint density at radius 1 is 0.887 bits per heavy atom. The lowest BCUT2D eigenvalue weighted by molar-refractivity contribution is -0.137. The van der Waals surface area contributed by atoms with Gasteiger partial charge in [-0.3, -0.25) is 4.79 Å². The molecule has 1 unspecified atom stereocenters. The van der Waals surface area contributed by atoms with Crippen LogP contribution < -0.4 is 0 Å². The molecule has 0 radical (unpaired) electrons. The molecule has 0 saturated carbocycles. The van der Waals surface area contributed by atoms with Gasteiger partial charge in [0.2, 0.25) is 8.32 Å². The lowest BCUT2D eigenvalue weighted by Gasteiger charge is -2.40.